The predicted molar refractivity (Wildman–Crippen MR) is 135 cm³/mol. The molecule has 0 radical (unpaired) electrons. The normalized spacial score (nSPS) is 24.6. The van der Waals surface area contributed by atoms with Gasteiger partial charge in [-0.2, -0.15) is 0 Å². The second kappa shape index (κ2) is 8.95. The van der Waals surface area contributed by atoms with Crippen molar-refractivity contribution < 1.29 is 39.6 Å². The van der Waals surface area contributed by atoms with Crippen LogP contribution in [0.5, 0.6) is 5.75 Å². The number of aliphatic hydroxyl groups excluding tert-OH is 2. The number of rotatable bonds is 5. The van der Waals surface area contributed by atoms with Gasteiger partial charge in [-0.1, -0.05) is 35.9 Å². The number of hydrogen-bond donors (Lipinski definition) is 5. The number of fused-ring (bicyclic) bond motifs is 3. The van der Waals surface area contributed by atoms with Gasteiger partial charge in [0.05, 0.1) is 5.56 Å². The third-order valence-electron chi connectivity index (χ3n) is 7.95. The lowest BCUT2D eigenvalue weighted by Gasteiger charge is -2.46. The smallest absolute Gasteiger partial charge is 0.255 e. The summed E-state index contributed by atoms with van der Waals surface area (Å²) in [6.45, 7) is 1.96. The number of Topliss-reactive ketones (excluding diaryl/α,β-unsaturated/α-hetero) is 3. The van der Waals surface area contributed by atoms with Gasteiger partial charge < -0.3 is 26.2 Å². The first kappa shape index (κ1) is 25.4. The molecular weight excluding hydrogens is 490 g/mol. The zero-order valence-corrected chi connectivity index (χ0v) is 20.7. The number of amides is 1. The van der Waals surface area contributed by atoms with E-state index in [0.29, 0.717) is 11.1 Å². The number of aryl methyl sites for hydroxylation is 1. The van der Waals surface area contributed by atoms with Crippen LogP contribution in [0.1, 0.15) is 40.7 Å². The number of ketones is 3. The van der Waals surface area contributed by atoms with Gasteiger partial charge in [-0.05, 0) is 48.4 Å². The van der Waals surface area contributed by atoms with Crippen molar-refractivity contribution >= 4 is 29.0 Å². The molecule has 3 atom stereocenters. The Labute approximate surface area is 217 Å². The van der Waals surface area contributed by atoms with E-state index in [1.165, 1.54) is 6.07 Å². The molecular formula is C29H27NO8. The number of carbonyl (C=O) groups is 4. The van der Waals surface area contributed by atoms with Gasteiger partial charge in [0.2, 0.25) is 5.78 Å². The van der Waals surface area contributed by atoms with Crippen molar-refractivity contribution in [3.63, 3.8) is 0 Å². The van der Waals surface area contributed by atoms with Crippen molar-refractivity contribution in [3.8, 4) is 5.75 Å². The first-order chi connectivity index (χ1) is 17.9. The third-order valence-corrected chi connectivity index (χ3v) is 7.95. The van der Waals surface area contributed by atoms with Gasteiger partial charge in [0.25, 0.3) is 5.91 Å². The molecule has 1 saturated carbocycles. The van der Waals surface area contributed by atoms with Gasteiger partial charge in [0, 0.05) is 30.8 Å². The Morgan fingerprint density at radius 2 is 1.68 bits per heavy atom. The maximum atomic E-state index is 13.6. The van der Waals surface area contributed by atoms with Crippen molar-refractivity contribution in [1.29, 1.82) is 0 Å². The summed E-state index contributed by atoms with van der Waals surface area (Å²) in [5.74, 6) is -6.84. The number of phenolic OH excluding ortho intramolecular Hbond substituents is 1. The second-order valence-electron chi connectivity index (χ2n) is 10.4. The fourth-order valence-electron chi connectivity index (χ4n) is 6.06. The lowest BCUT2D eigenvalue weighted by molar-refractivity contribution is -0.147. The third kappa shape index (κ3) is 3.81. The molecule has 6 N–H and O–H groups in total. The highest BCUT2D eigenvalue weighted by Crippen LogP contribution is 2.52. The van der Waals surface area contributed by atoms with Gasteiger partial charge in [0.1, 0.15) is 28.6 Å². The van der Waals surface area contributed by atoms with Crippen molar-refractivity contribution in [1.82, 2.24) is 0 Å². The van der Waals surface area contributed by atoms with Crippen LogP contribution >= 0.6 is 0 Å². The first-order valence-electron chi connectivity index (χ1n) is 12.3. The lowest BCUT2D eigenvalue weighted by atomic mass is 9.59. The molecule has 9 heteroatoms. The molecule has 0 heterocycles. The van der Waals surface area contributed by atoms with Crippen LogP contribution in [-0.4, -0.2) is 49.3 Å². The topological polar surface area (TPSA) is 175 Å². The Morgan fingerprint density at radius 3 is 2.34 bits per heavy atom. The Bertz CT molecular complexity index is 1480. The molecule has 3 aliphatic rings. The number of aliphatic hydroxyl groups is 3. The van der Waals surface area contributed by atoms with Crippen molar-refractivity contribution in [3.05, 3.63) is 81.1 Å². The summed E-state index contributed by atoms with van der Waals surface area (Å²) >= 11 is 0. The van der Waals surface area contributed by atoms with E-state index in [1.54, 1.807) is 6.07 Å². The molecule has 0 saturated heterocycles. The largest absolute Gasteiger partial charge is 0.508 e. The molecule has 1 amide bonds. The predicted octanol–water partition coefficient (Wildman–Crippen LogP) is 2.09. The van der Waals surface area contributed by atoms with Crippen LogP contribution in [0.25, 0.3) is 5.76 Å². The quantitative estimate of drug-likeness (QED) is 0.375. The highest BCUT2D eigenvalue weighted by molar-refractivity contribution is 6.22. The number of benzene rings is 2. The molecule has 38 heavy (non-hydrogen) atoms. The van der Waals surface area contributed by atoms with Gasteiger partial charge in [-0.25, -0.2) is 0 Å². The molecule has 0 bridgehead atoms. The fourth-order valence-corrected chi connectivity index (χ4v) is 6.06. The summed E-state index contributed by atoms with van der Waals surface area (Å²) in [6.07, 6.45) is 0.0578. The Morgan fingerprint density at radius 1 is 1.00 bits per heavy atom. The van der Waals surface area contributed by atoms with Crippen molar-refractivity contribution in [2.24, 2.45) is 17.6 Å². The van der Waals surface area contributed by atoms with E-state index < -0.39 is 52.0 Å². The Kier molecular flexibility index (Phi) is 5.99. The average molecular weight is 518 g/mol. The van der Waals surface area contributed by atoms with Crippen molar-refractivity contribution in [2.75, 3.05) is 0 Å². The summed E-state index contributed by atoms with van der Waals surface area (Å²) in [6, 6.07) is 10.6. The van der Waals surface area contributed by atoms with Gasteiger partial charge >= 0.3 is 0 Å². The van der Waals surface area contributed by atoms with E-state index in [4.69, 9.17) is 5.73 Å². The van der Waals surface area contributed by atoms with E-state index in [2.05, 4.69) is 0 Å². The Balaban J connectivity index is 1.54. The lowest BCUT2D eigenvalue weighted by Crippen LogP contribution is -2.58. The molecule has 2 aromatic carbocycles. The molecule has 0 aromatic heterocycles. The Hall–Kier alpha value is -4.24. The average Bonchev–Trinajstić information content (AvgIpc) is 2.84. The maximum Gasteiger partial charge on any atom is 0.255 e. The fraction of sp³-hybridized carbons (Fsp3) is 0.310. The van der Waals surface area contributed by atoms with Crippen LogP contribution in [-0.2, 0) is 38.4 Å². The van der Waals surface area contributed by atoms with E-state index in [9.17, 15) is 39.6 Å². The molecule has 1 fully saturated rings. The minimum absolute atomic E-state index is 0.0160. The molecule has 2 aromatic rings. The van der Waals surface area contributed by atoms with E-state index in [1.807, 2.05) is 31.2 Å². The monoisotopic (exact) mass is 517 g/mol. The molecule has 196 valence electrons. The van der Waals surface area contributed by atoms with Gasteiger partial charge in [0.15, 0.2) is 11.4 Å². The van der Waals surface area contributed by atoms with Crippen LogP contribution in [0.15, 0.2) is 53.3 Å². The van der Waals surface area contributed by atoms with Crippen LogP contribution in [0.3, 0.4) is 0 Å². The van der Waals surface area contributed by atoms with Crippen LogP contribution in [0.2, 0.25) is 0 Å². The van der Waals surface area contributed by atoms with E-state index >= 15 is 0 Å². The summed E-state index contributed by atoms with van der Waals surface area (Å²) in [5, 5.41) is 43.7. The SMILES string of the molecule is Cc1ccc(CC(=O)Cc2ccc(O)c3c2C[C@H]2C[C@H]4CC(=O)C(C(N)=O)=C(O)[C@@]4(O)C(=O)C2=C3O)cc1. The number of nitrogens with two attached hydrogens (primary N) is 1. The zero-order chi connectivity index (χ0) is 27.5. The van der Waals surface area contributed by atoms with Crippen LogP contribution in [0, 0.1) is 18.8 Å². The number of primary amides is 1. The minimum atomic E-state index is -2.60. The molecule has 3 aliphatic carbocycles. The molecule has 0 aliphatic heterocycles. The van der Waals surface area contributed by atoms with Crippen molar-refractivity contribution in [2.45, 2.75) is 44.6 Å². The first-order valence-corrected chi connectivity index (χ1v) is 12.3. The summed E-state index contributed by atoms with van der Waals surface area (Å²) in [4.78, 5) is 50.7. The maximum absolute atomic E-state index is 13.6. The molecule has 0 spiro atoms. The number of aromatic hydroxyl groups is 1. The second-order valence-corrected chi connectivity index (χ2v) is 10.4. The summed E-state index contributed by atoms with van der Waals surface area (Å²) in [5.41, 5.74) is 4.58. The minimum Gasteiger partial charge on any atom is -0.508 e. The summed E-state index contributed by atoms with van der Waals surface area (Å²) < 4.78 is 0. The standard InChI is InChI=1S/C29H27NO8/c1-13-2-4-14(5-3-13)8-18(31)10-15-6-7-20(32)23-19(15)11-16-9-17-12-21(33)24(28(30)37)27(36)29(17,38)26(35)22(16)25(23)34/h2-7,16-17,32,34,36,38H,8-12H2,1H3,(H2,30,37)/t16-,17+,29+/m1/s1. The molecule has 5 rings (SSSR count). The van der Waals surface area contributed by atoms with Crippen LogP contribution < -0.4 is 5.73 Å². The zero-order valence-electron chi connectivity index (χ0n) is 20.7. The number of carbonyl (C=O) groups excluding carboxylic acids is 4. The summed E-state index contributed by atoms with van der Waals surface area (Å²) in [7, 11) is 0. The highest BCUT2D eigenvalue weighted by Gasteiger charge is 2.60. The molecule has 0 unspecified atom stereocenters. The van der Waals surface area contributed by atoms with Gasteiger partial charge in [-0.3, -0.25) is 19.2 Å². The van der Waals surface area contributed by atoms with Crippen LogP contribution in [0.4, 0.5) is 0 Å². The van der Waals surface area contributed by atoms with E-state index in [-0.39, 0.29) is 54.8 Å². The molecule has 9 nitrogen and oxygen atoms in total. The highest BCUT2D eigenvalue weighted by atomic mass is 16.3. The number of phenols is 1. The number of hydrogen-bond acceptors (Lipinski definition) is 8. The van der Waals surface area contributed by atoms with E-state index in [0.717, 1.165) is 11.1 Å². The van der Waals surface area contributed by atoms with Gasteiger partial charge in [-0.15, -0.1) is 0 Å².